The van der Waals surface area contributed by atoms with Crippen LogP contribution in [0.2, 0.25) is 0 Å². The van der Waals surface area contributed by atoms with Crippen LogP contribution in [-0.2, 0) is 4.74 Å². The fraction of sp³-hybridized carbons (Fsp3) is 1.00. The van der Waals surface area contributed by atoms with Crippen LogP contribution in [0.3, 0.4) is 0 Å². The molecule has 0 rings (SSSR count). The van der Waals surface area contributed by atoms with Crippen LogP contribution in [-0.4, -0.2) is 25.6 Å². The van der Waals surface area contributed by atoms with Gasteiger partial charge in [0.25, 0.3) is 0 Å². The average molecular weight is 278 g/mol. The highest BCUT2D eigenvalue weighted by Crippen LogP contribution is 2.11. The minimum atomic E-state index is -0.927. The topological polar surface area (TPSA) is 9.23 Å². The fourth-order valence-electron chi connectivity index (χ4n) is 2.08. The molecule has 0 fully saturated rings. The SMILES string of the molecule is CCCCCCC(F)COCC(F)CCCCCC. The second kappa shape index (κ2) is 14.2. The van der Waals surface area contributed by atoms with Gasteiger partial charge in [0.1, 0.15) is 12.3 Å². The third-order valence-corrected chi connectivity index (χ3v) is 3.34. The lowest BCUT2D eigenvalue weighted by Gasteiger charge is -2.11. The Bertz CT molecular complexity index is 158. The minimum Gasteiger partial charge on any atom is -0.375 e. The Balaban J connectivity index is 3.30. The van der Waals surface area contributed by atoms with Crippen molar-refractivity contribution in [1.82, 2.24) is 0 Å². The average Bonchev–Trinajstić information content (AvgIpc) is 2.40. The zero-order valence-electron chi connectivity index (χ0n) is 12.8. The van der Waals surface area contributed by atoms with E-state index in [9.17, 15) is 8.78 Å². The van der Waals surface area contributed by atoms with Gasteiger partial charge in [-0.25, -0.2) is 8.78 Å². The second-order valence-corrected chi connectivity index (χ2v) is 5.43. The van der Waals surface area contributed by atoms with Crippen LogP contribution >= 0.6 is 0 Å². The Morgan fingerprint density at radius 1 is 0.684 bits per heavy atom. The lowest BCUT2D eigenvalue weighted by Crippen LogP contribution is -2.16. The molecule has 0 aromatic heterocycles. The number of hydrogen-bond acceptors (Lipinski definition) is 1. The van der Waals surface area contributed by atoms with E-state index in [2.05, 4.69) is 13.8 Å². The summed E-state index contributed by atoms with van der Waals surface area (Å²) in [6.45, 7) is 4.39. The van der Waals surface area contributed by atoms with E-state index in [1.54, 1.807) is 0 Å². The van der Waals surface area contributed by atoms with Crippen molar-refractivity contribution in [1.29, 1.82) is 0 Å². The predicted molar refractivity (Wildman–Crippen MR) is 78.1 cm³/mol. The summed E-state index contributed by atoms with van der Waals surface area (Å²) in [7, 11) is 0. The molecule has 2 unspecified atom stereocenters. The molecule has 0 aliphatic heterocycles. The maximum atomic E-state index is 13.4. The Morgan fingerprint density at radius 2 is 1.11 bits per heavy atom. The molecule has 1 nitrogen and oxygen atoms in total. The molecule has 0 radical (unpaired) electrons. The first kappa shape index (κ1) is 18.8. The Kier molecular flexibility index (Phi) is 14.1. The molecule has 0 heterocycles. The molecule has 0 N–H and O–H groups in total. The summed E-state index contributed by atoms with van der Waals surface area (Å²) in [4.78, 5) is 0. The van der Waals surface area contributed by atoms with Crippen molar-refractivity contribution in [3.8, 4) is 0 Å². The zero-order valence-corrected chi connectivity index (χ0v) is 12.8. The number of hydrogen-bond donors (Lipinski definition) is 0. The van der Waals surface area contributed by atoms with E-state index in [1.807, 2.05) is 0 Å². The molecule has 0 saturated carbocycles. The molecule has 2 atom stereocenters. The van der Waals surface area contributed by atoms with Crippen LogP contribution in [0.15, 0.2) is 0 Å². The zero-order chi connectivity index (χ0) is 14.3. The summed E-state index contributed by atoms with van der Waals surface area (Å²) < 4.78 is 31.9. The highest BCUT2D eigenvalue weighted by Gasteiger charge is 2.10. The largest absolute Gasteiger partial charge is 0.375 e. The maximum absolute atomic E-state index is 13.4. The molecule has 0 aromatic rings. The van der Waals surface area contributed by atoms with Gasteiger partial charge in [0, 0.05) is 0 Å². The second-order valence-electron chi connectivity index (χ2n) is 5.43. The highest BCUT2D eigenvalue weighted by atomic mass is 19.1. The molecule has 0 aliphatic carbocycles. The van der Waals surface area contributed by atoms with E-state index >= 15 is 0 Å². The fourth-order valence-corrected chi connectivity index (χ4v) is 2.08. The van der Waals surface area contributed by atoms with Crippen LogP contribution in [0.1, 0.15) is 78.1 Å². The molecule has 0 bridgehead atoms. The Labute approximate surface area is 118 Å². The molecule has 0 spiro atoms. The molecule has 3 heteroatoms. The standard InChI is InChI=1S/C16H32F2O/c1-3-5-7-9-11-15(17)13-19-14-16(18)12-10-8-6-4-2/h15-16H,3-14H2,1-2H3. The Hall–Kier alpha value is -0.180. The van der Waals surface area contributed by atoms with Crippen molar-refractivity contribution in [3.63, 3.8) is 0 Å². The van der Waals surface area contributed by atoms with Gasteiger partial charge in [-0.15, -0.1) is 0 Å². The van der Waals surface area contributed by atoms with Crippen molar-refractivity contribution in [2.45, 2.75) is 90.4 Å². The molecular formula is C16H32F2O. The normalized spacial score (nSPS) is 14.5. The van der Waals surface area contributed by atoms with Crippen LogP contribution < -0.4 is 0 Å². The quantitative estimate of drug-likeness (QED) is 0.375. The molecule has 0 amide bonds. The molecular weight excluding hydrogens is 246 g/mol. The van der Waals surface area contributed by atoms with Crippen molar-refractivity contribution in [2.24, 2.45) is 0 Å². The summed E-state index contributed by atoms with van der Waals surface area (Å²) >= 11 is 0. The van der Waals surface area contributed by atoms with E-state index in [0.29, 0.717) is 12.8 Å². The highest BCUT2D eigenvalue weighted by molar-refractivity contribution is 4.59. The first-order valence-corrected chi connectivity index (χ1v) is 8.06. The molecule has 0 saturated heterocycles. The van der Waals surface area contributed by atoms with Crippen LogP contribution in [0.4, 0.5) is 8.78 Å². The first-order chi connectivity index (χ1) is 9.20. The molecule has 0 aromatic carbocycles. The van der Waals surface area contributed by atoms with Crippen LogP contribution in [0, 0.1) is 0 Å². The molecule has 19 heavy (non-hydrogen) atoms. The number of halogens is 2. The third kappa shape index (κ3) is 14.0. The summed E-state index contributed by atoms with van der Waals surface area (Å²) in [5, 5.41) is 0. The van der Waals surface area contributed by atoms with E-state index in [0.717, 1.165) is 51.4 Å². The smallest absolute Gasteiger partial charge is 0.123 e. The minimum absolute atomic E-state index is 0.0570. The lowest BCUT2D eigenvalue weighted by molar-refractivity contribution is 0.0394. The lowest BCUT2D eigenvalue weighted by atomic mass is 10.1. The summed E-state index contributed by atoms with van der Waals surface area (Å²) in [6.07, 6.45) is 7.89. The summed E-state index contributed by atoms with van der Waals surface area (Å²) in [6, 6.07) is 0. The maximum Gasteiger partial charge on any atom is 0.123 e. The molecule has 0 aliphatic rings. The number of rotatable bonds is 14. The third-order valence-electron chi connectivity index (χ3n) is 3.34. The van der Waals surface area contributed by atoms with Gasteiger partial charge >= 0.3 is 0 Å². The van der Waals surface area contributed by atoms with Gasteiger partial charge in [0.15, 0.2) is 0 Å². The van der Waals surface area contributed by atoms with Crippen molar-refractivity contribution >= 4 is 0 Å². The predicted octanol–water partition coefficient (Wildman–Crippen LogP) is 5.62. The van der Waals surface area contributed by atoms with Crippen LogP contribution in [0.25, 0.3) is 0 Å². The van der Waals surface area contributed by atoms with Crippen molar-refractivity contribution in [2.75, 3.05) is 13.2 Å². The van der Waals surface area contributed by atoms with Gasteiger partial charge in [0.2, 0.25) is 0 Å². The van der Waals surface area contributed by atoms with Crippen molar-refractivity contribution in [3.05, 3.63) is 0 Å². The van der Waals surface area contributed by atoms with E-state index < -0.39 is 12.3 Å². The summed E-state index contributed by atoms with van der Waals surface area (Å²) in [5.74, 6) is 0. The van der Waals surface area contributed by atoms with Gasteiger partial charge in [0.05, 0.1) is 13.2 Å². The number of alkyl halides is 2. The van der Waals surface area contributed by atoms with Gasteiger partial charge in [-0.05, 0) is 12.8 Å². The van der Waals surface area contributed by atoms with E-state index in [1.165, 1.54) is 0 Å². The van der Waals surface area contributed by atoms with Crippen LogP contribution in [0.5, 0.6) is 0 Å². The van der Waals surface area contributed by atoms with Gasteiger partial charge in [-0.1, -0.05) is 65.2 Å². The first-order valence-electron chi connectivity index (χ1n) is 8.06. The van der Waals surface area contributed by atoms with Gasteiger partial charge in [-0.2, -0.15) is 0 Å². The number of ether oxygens (including phenoxy) is 1. The monoisotopic (exact) mass is 278 g/mol. The van der Waals surface area contributed by atoms with Gasteiger partial charge < -0.3 is 4.74 Å². The summed E-state index contributed by atoms with van der Waals surface area (Å²) in [5.41, 5.74) is 0. The van der Waals surface area contributed by atoms with Crippen molar-refractivity contribution < 1.29 is 13.5 Å². The Morgan fingerprint density at radius 3 is 1.47 bits per heavy atom. The number of unbranched alkanes of at least 4 members (excludes halogenated alkanes) is 6. The molecule has 116 valence electrons. The van der Waals surface area contributed by atoms with Gasteiger partial charge in [-0.3, -0.25) is 0 Å². The van der Waals surface area contributed by atoms with E-state index in [-0.39, 0.29) is 13.2 Å². The van der Waals surface area contributed by atoms with E-state index in [4.69, 9.17) is 4.74 Å².